The van der Waals surface area contributed by atoms with Crippen LogP contribution in [0.2, 0.25) is 0 Å². The fourth-order valence-electron chi connectivity index (χ4n) is 7.81. The zero-order valence-corrected chi connectivity index (χ0v) is 25.1. The number of likely N-dealkylation sites (tertiary alicyclic amines) is 1. The van der Waals surface area contributed by atoms with Gasteiger partial charge in [0.05, 0.1) is 24.0 Å². The van der Waals surface area contributed by atoms with Crippen LogP contribution in [0.25, 0.3) is 0 Å². The van der Waals surface area contributed by atoms with E-state index in [0.717, 1.165) is 37.7 Å². The molecule has 3 amide bonds. The van der Waals surface area contributed by atoms with Crippen molar-refractivity contribution in [2.75, 3.05) is 26.3 Å². The van der Waals surface area contributed by atoms with Crippen LogP contribution in [0.15, 0.2) is 54.6 Å². The van der Waals surface area contributed by atoms with E-state index in [4.69, 9.17) is 9.47 Å². The number of hydrogen-bond donors (Lipinski definition) is 2. The molecule has 0 unspecified atom stereocenters. The normalized spacial score (nSPS) is 33.8. The van der Waals surface area contributed by atoms with Gasteiger partial charge in [0.2, 0.25) is 17.7 Å². The number of rotatable bonds is 6. The van der Waals surface area contributed by atoms with Crippen molar-refractivity contribution in [3.63, 3.8) is 0 Å². The molecule has 5 aliphatic rings. The van der Waals surface area contributed by atoms with Gasteiger partial charge in [-0.3, -0.25) is 19.2 Å². The van der Waals surface area contributed by atoms with Crippen LogP contribution in [0.1, 0.15) is 69.4 Å². The quantitative estimate of drug-likeness (QED) is 0.290. The van der Waals surface area contributed by atoms with E-state index in [1.54, 1.807) is 17.1 Å². The number of carbonyl (C=O) groups is 4. The van der Waals surface area contributed by atoms with Crippen molar-refractivity contribution in [2.45, 2.75) is 87.6 Å². The molecular weight excluding hydrogens is 562 g/mol. The topological polar surface area (TPSA) is 125 Å². The van der Waals surface area contributed by atoms with Crippen LogP contribution in [0.5, 0.6) is 0 Å². The largest absolute Gasteiger partial charge is 0.463 e. The van der Waals surface area contributed by atoms with E-state index >= 15 is 0 Å². The van der Waals surface area contributed by atoms with Crippen molar-refractivity contribution in [3.05, 3.63) is 60.2 Å². The lowest BCUT2D eigenvalue weighted by atomic mass is 9.77. The number of aliphatic hydroxyl groups excluding tert-OH is 1. The number of hydrogen-bond acceptors (Lipinski definition) is 7. The lowest BCUT2D eigenvalue weighted by molar-refractivity contribution is -0.149. The molecule has 1 aromatic rings. The Bertz CT molecular complexity index is 1290. The summed E-state index contributed by atoms with van der Waals surface area (Å²) in [5.74, 6) is -2.97. The lowest BCUT2D eigenvalue weighted by Gasteiger charge is -2.39. The zero-order valence-electron chi connectivity index (χ0n) is 25.1. The van der Waals surface area contributed by atoms with E-state index in [1.165, 1.54) is 0 Å². The number of cyclic esters (lactones) is 1. The monoisotopic (exact) mass is 605 g/mol. The Morgan fingerprint density at radius 1 is 0.977 bits per heavy atom. The number of benzene rings is 1. The van der Waals surface area contributed by atoms with Crippen LogP contribution in [0.3, 0.4) is 0 Å². The maximum atomic E-state index is 14.5. The average molecular weight is 606 g/mol. The third-order valence-electron chi connectivity index (χ3n) is 9.92. The molecule has 1 saturated carbocycles. The predicted molar refractivity (Wildman–Crippen MR) is 161 cm³/mol. The number of aliphatic hydroxyl groups is 1. The highest BCUT2D eigenvalue weighted by Gasteiger charge is 2.71. The Hall–Kier alpha value is -3.50. The second-order valence-corrected chi connectivity index (χ2v) is 12.6. The number of amides is 3. The van der Waals surface area contributed by atoms with Crippen LogP contribution >= 0.6 is 0 Å². The van der Waals surface area contributed by atoms with Crippen LogP contribution in [-0.4, -0.2) is 88.7 Å². The molecule has 2 N–H and O–H groups in total. The summed E-state index contributed by atoms with van der Waals surface area (Å²) in [4.78, 5) is 59.3. The first kappa shape index (κ1) is 30.5. The molecule has 0 aromatic heterocycles. The molecule has 2 saturated heterocycles. The summed E-state index contributed by atoms with van der Waals surface area (Å²) >= 11 is 0. The molecule has 4 heterocycles. The molecule has 44 heavy (non-hydrogen) atoms. The first-order valence-electron chi connectivity index (χ1n) is 16.2. The van der Waals surface area contributed by atoms with E-state index in [1.807, 2.05) is 47.4 Å². The third kappa shape index (κ3) is 5.70. The number of nitrogens with one attached hydrogen (secondary N) is 1. The Labute approximate surface area is 258 Å². The minimum Gasteiger partial charge on any atom is -0.463 e. The van der Waals surface area contributed by atoms with Crippen molar-refractivity contribution in [1.82, 2.24) is 15.1 Å². The number of unbranched alkanes of at least 4 members (excludes halogenated alkanes) is 1. The van der Waals surface area contributed by atoms with Crippen molar-refractivity contribution in [1.29, 1.82) is 0 Å². The van der Waals surface area contributed by atoms with Crippen LogP contribution in [0, 0.1) is 11.8 Å². The van der Waals surface area contributed by atoms with E-state index in [0.29, 0.717) is 32.4 Å². The van der Waals surface area contributed by atoms with Crippen LogP contribution in [-0.2, 0) is 28.7 Å². The second-order valence-electron chi connectivity index (χ2n) is 12.6. The van der Waals surface area contributed by atoms with Crippen molar-refractivity contribution < 1.29 is 33.8 Å². The highest BCUT2D eigenvalue weighted by Crippen LogP contribution is 2.53. The van der Waals surface area contributed by atoms with Gasteiger partial charge in [-0.2, -0.15) is 0 Å². The standard InChI is InChI=1S/C34H43N3O7/c38-21-10-9-19-37-30-33(42)36(24-14-5-2-6-15-24)20-11-18-34(30)29(32(37)41)28-26(44-34)16-7-8-17-27(39)43-22-25(35-31(28)40)23-12-3-1-4-13-23/h1,3-4,7,11-13,16,18,24-26,28-30,38H,2,5-6,8-10,14-15,17,19-22H2,(H,35,40)/b16-7-/t25-,26+,28-,29-,30+,34-/m0/s1. The van der Waals surface area contributed by atoms with Crippen LogP contribution in [0.4, 0.5) is 0 Å². The van der Waals surface area contributed by atoms with E-state index < -0.39 is 35.6 Å². The Morgan fingerprint density at radius 2 is 1.77 bits per heavy atom. The van der Waals surface area contributed by atoms with Crippen molar-refractivity contribution in [2.24, 2.45) is 11.8 Å². The van der Waals surface area contributed by atoms with Gasteiger partial charge in [-0.1, -0.05) is 73.9 Å². The number of fused-ring (bicyclic) bond motifs is 2. The Kier molecular flexibility index (Phi) is 9.18. The summed E-state index contributed by atoms with van der Waals surface area (Å²) in [6, 6.07) is 7.89. The number of allylic oxidation sites excluding steroid dienone is 1. The molecule has 6 rings (SSSR count). The summed E-state index contributed by atoms with van der Waals surface area (Å²) in [7, 11) is 0. The molecule has 10 nitrogen and oxygen atoms in total. The number of carbonyl (C=O) groups excluding carboxylic acids is 4. The highest BCUT2D eigenvalue weighted by molar-refractivity contribution is 5.99. The second kappa shape index (κ2) is 13.2. The molecule has 4 aliphatic heterocycles. The summed E-state index contributed by atoms with van der Waals surface area (Å²) in [6.07, 6.45) is 13.4. The third-order valence-corrected chi connectivity index (χ3v) is 9.92. The Balaban J connectivity index is 1.39. The van der Waals surface area contributed by atoms with Gasteiger partial charge in [0.15, 0.2) is 0 Å². The summed E-state index contributed by atoms with van der Waals surface area (Å²) in [5, 5.41) is 12.5. The number of ether oxygens (including phenoxy) is 2. The first-order chi connectivity index (χ1) is 21.4. The predicted octanol–water partition coefficient (Wildman–Crippen LogP) is 2.82. The molecule has 1 aromatic carbocycles. The molecule has 1 aliphatic carbocycles. The molecule has 6 atom stereocenters. The van der Waals surface area contributed by atoms with Gasteiger partial charge in [0.25, 0.3) is 0 Å². The van der Waals surface area contributed by atoms with Crippen LogP contribution < -0.4 is 5.32 Å². The maximum absolute atomic E-state index is 14.5. The minimum absolute atomic E-state index is 0.0107. The minimum atomic E-state index is -1.32. The lowest BCUT2D eigenvalue weighted by Crippen LogP contribution is -2.57. The molecule has 0 radical (unpaired) electrons. The molecule has 3 fully saturated rings. The van der Waals surface area contributed by atoms with Crippen molar-refractivity contribution in [3.8, 4) is 0 Å². The van der Waals surface area contributed by atoms with E-state index in [2.05, 4.69) is 5.32 Å². The smallest absolute Gasteiger partial charge is 0.306 e. The first-order valence-corrected chi connectivity index (χ1v) is 16.2. The SMILES string of the molecule is O=C1CC/C=C\[C@H]2O[C@]34C=CCN(C5CCCCC5)C(=O)[C@H]3N(CCCCO)C(=O)[C@@H]4[C@H]2C(=O)N[C@H](c2ccccc2)CO1. The van der Waals surface area contributed by atoms with Gasteiger partial charge in [-0.15, -0.1) is 0 Å². The molecule has 0 bridgehead atoms. The number of esters is 1. The fraction of sp³-hybridized carbons (Fsp3) is 0.588. The van der Waals surface area contributed by atoms with Gasteiger partial charge in [0, 0.05) is 32.2 Å². The van der Waals surface area contributed by atoms with Gasteiger partial charge >= 0.3 is 5.97 Å². The van der Waals surface area contributed by atoms with Gasteiger partial charge in [0.1, 0.15) is 18.2 Å². The fourth-order valence-corrected chi connectivity index (χ4v) is 7.81. The van der Waals surface area contributed by atoms with E-state index in [-0.39, 0.29) is 49.4 Å². The summed E-state index contributed by atoms with van der Waals surface area (Å²) < 4.78 is 12.3. The molecule has 10 heteroatoms. The van der Waals surface area contributed by atoms with Crippen molar-refractivity contribution >= 4 is 23.7 Å². The summed E-state index contributed by atoms with van der Waals surface area (Å²) in [6.45, 7) is 0.679. The number of nitrogens with zero attached hydrogens (tertiary/aromatic N) is 2. The Morgan fingerprint density at radius 3 is 2.55 bits per heavy atom. The summed E-state index contributed by atoms with van der Waals surface area (Å²) in [5.41, 5.74) is -0.539. The van der Waals surface area contributed by atoms with E-state index in [9.17, 15) is 24.3 Å². The maximum Gasteiger partial charge on any atom is 0.306 e. The zero-order chi connectivity index (χ0) is 30.7. The average Bonchev–Trinajstić information content (AvgIpc) is 3.42. The highest BCUT2D eigenvalue weighted by atomic mass is 16.5. The van der Waals surface area contributed by atoms with Gasteiger partial charge in [-0.05, 0) is 37.7 Å². The molecular formula is C34H43N3O7. The molecule has 1 spiro atoms. The van der Waals surface area contributed by atoms with Gasteiger partial charge in [-0.25, -0.2) is 0 Å². The molecule has 236 valence electrons. The van der Waals surface area contributed by atoms with Gasteiger partial charge < -0.3 is 29.7 Å².